The van der Waals surface area contributed by atoms with Gasteiger partial charge in [0.1, 0.15) is 4.90 Å². The fourth-order valence-electron chi connectivity index (χ4n) is 2.51. The van der Waals surface area contributed by atoms with Gasteiger partial charge in [0.05, 0.1) is 0 Å². The van der Waals surface area contributed by atoms with E-state index in [1.165, 1.54) is 36.0 Å². The fourth-order valence-corrected chi connectivity index (χ4v) is 5.24. The average Bonchev–Trinajstić information content (AvgIpc) is 3.07. The van der Waals surface area contributed by atoms with Crippen LogP contribution in [0.4, 0.5) is 0 Å². The number of carbonyl (C=O) groups excluding carboxylic acids is 1. The van der Waals surface area contributed by atoms with Crippen LogP contribution >= 0.6 is 27.3 Å². The van der Waals surface area contributed by atoms with Crippen molar-refractivity contribution in [2.24, 2.45) is 4.40 Å². The minimum atomic E-state index is -3.87. The van der Waals surface area contributed by atoms with Crippen molar-refractivity contribution in [3.8, 4) is 0 Å². The molecule has 3 rings (SSSR count). The molecule has 0 aliphatic rings. The molecule has 0 unspecified atom stereocenters. The lowest BCUT2D eigenvalue weighted by molar-refractivity contribution is 0.101. The minimum absolute atomic E-state index is 0.0243. The van der Waals surface area contributed by atoms with Gasteiger partial charge in [0, 0.05) is 21.0 Å². The Hall–Kier alpha value is -2.09. The molecule has 27 heavy (non-hydrogen) atoms. The van der Waals surface area contributed by atoms with E-state index < -0.39 is 10.0 Å². The van der Waals surface area contributed by atoms with Gasteiger partial charge in [-0.3, -0.25) is 4.79 Å². The molecule has 0 bridgehead atoms. The van der Waals surface area contributed by atoms with Crippen molar-refractivity contribution in [1.82, 2.24) is 0 Å². The van der Waals surface area contributed by atoms with Crippen molar-refractivity contribution in [3.63, 3.8) is 0 Å². The molecular formula is C20H16BrNO3S2. The Balaban J connectivity index is 1.85. The number of hydrogen-bond acceptors (Lipinski definition) is 4. The highest BCUT2D eigenvalue weighted by Gasteiger charge is 2.17. The van der Waals surface area contributed by atoms with Gasteiger partial charge < -0.3 is 0 Å². The molecule has 0 N–H and O–H groups in total. The second-order valence-corrected chi connectivity index (χ2v) is 9.42. The predicted octanol–water partition coefficient (Wildman–Crippen LogP) is 5.73. The first-order valence-electron chi connectivity index (χ1n) is 8.03. The van der Waals surface area contributed by atoms with Crippen molar-refractivity contribution < 1.29 is 13.2 Å². The Morgan fingerprint density at radius 3 is 2.59 bits per heavy atom. The van der Waals surface area contributed by atoms with Crippen LogP contribution in [-0.2, 0) is 10.0 Å². The third-order valence-corrected chi connectivity index (χ3v) is 6.99. The summed E-state index contributed by atoms with van der Waals surface area (Å²) >= 11 is 4.89. The number of thiophene rings is 1. The van der Waals surface area contributed by atoms with Crippen LogP contribution in [0.5, 0.6) is 0 Å². The molecule has 0 aliphatic heterocycles. The van der Waals surface area contributed by atoms with Gasteiger partial charge in [-0.1, -0.05) is 12.1 Å². The Morgan fingerprint density at radius 1 is 1.11 bits per heavy atom. The van der Waals surface area contributed by atoms with Gasteiger partial charge in [-0.2, -0.15) is 12.8 Å². The van der Waals surface area contributed by atoms with Crippen molar-refractivity contribution in [3.05, 3.63) is 69.0 Å². The maximum absolute atomic E-state index is 12.5. The summed E-state index contributed by atoms with van der Waals surface area (Å²) < 4.78 is 30.3. The summed E-state index contributed by atoms with van der Waals surface area (Å²) in [5.41, 5.74) is 2.13. The number of ketones is 1. The van der Waals surface area contributed by atoms with Gasteiger partial charge >= 0.3 is 0 Å². The second kappa shape index (κ2) is 7.88. The highest BCUT2D eigenvalue weighted by Crippen LogP contribution is 2.26. The summed E-state index contributed by atoms with van der Waals surface area (Å²) in [5.74, 6) is -0.135. The van der Waals surface area contributed by atoms with Crippen molar-refractivity contribution >= 4 is 65.5 Å². The summed E-state index contributed by atoms with van der Waals surface area (Å²) in [6, 6.07) is 12.5. The van der Waals surface area contributed by atoms with E-state index in [9.17, 15) is 13.2 Å². The number of nitrogens with zero attached hydrogens (tertiary/aromatic N) is 1. The minimum Gasteiger partial charge on any atom is -0.295 e. The molecule has 138 valence electrons. The first kappa shape index (κ1) is 19.7. The Bertz CT molecular complexity index is 1190. The van der Waals surface area contributed by atoms with Crippen LogP contribution < -0.4 is 0 Å². The first-order chi connectivity index (χ1) is 12.8. The van der Waals surface area contributed by atoms with E-state index in [-0.39, 0.29) is 10.7 Å². The number of rotatable bonds is 5. The fraction of sp³-hybridized carbons (Fsp3) is 0.100. The second-order valence-electron chi connectivity index (χ2n) is 6.02. The average molecular weight is 462 g/mol. The third-order valence-electron chi connectivity index (χ3n) is 3.88. The largest absolute Gasteiger partial charge is 0.295 e. The molecule has 1 heterocycles. The first-order valence-corrected chi connectivity index (χ1v) is 11.1. The van der Waals surface area contributed by atoms with Crippen molar-refractivity contribution in [1.29, 1.82) is 0 Å². The Kier molecular flexibility index (Phi) is 5.74. The van der Waals surface area contributed by atoms with Crippen LogP contribution in [0.3, 0.4) is 0 Å². The molecule has 7 heteroatoms. The molecule has 0 saturated heterocycles. The molecule has 1 aromatic heterocycles. The summed E-state index contributed by atoms with van der Waals surface area (Å²) in [6.45, 7) is 3.22. The van der Waals surface area contributed by atoms with Gasteiger partial charge in [-0.05, 0) is 88.1 Å². The molecule has 4 nitrogen and oxygen atoms in total. The summed E-state index contributed by atoms with van der Waals surface area (Å²) in [5, 5.41) is 3.19. The molecule has 3 aromatic rings. The van der Waals surface area contributed by atoms with Gasteiger partial charge in [0.2, 0.25) is 0 Å². The molecular weight excluding hydrogens is 446 g/mol. The third kappa shape index (κ3) is 4.61. The Morgan fingerprint density at radius 2 is 1.89 bits per heavy atom. The number of halogens is 1. The number of carbonyl (C=O) groups is 1. The SMILES string of the molecule is CC(=O)c1ccc(S(=O)(=O)N=CC(C)=Cc2ccc3sccc3c2)c(Br)c1. The monoisotopic (exact) mass is 461 g/mol. The molecule has 0 amide bonds. The predicted molar refractivity (Wildman–Crippen MR) is 115 cm³/mol. The van der Waals surface area contributed by atoms with Crippen molar-refractivity contribution in [2.45, 2.75) is 18.7 Å². The standard InChI is InChI=1S/C20H16BrNO3S2/c1-13(9-15-3-5-19-17(10-15)7-8-26-19)12-22-27(24,25)20-6-4-16(14(2)23)11-18(20)21/h3-12H,1-2H3. The number of allylic oxidation sites excluding steroid dienone is 1. The molecule has 0 atom stereocenters. The summed E-state index contributed by atoms with van der Waals surface area (Å²) in [4.78, 5) is 11.4. The summed E-state index contributed by atoms with van der Waals surface area (Å²) in [7, 11) is -3.87. The van der Waals surface area contributed by atoms with Gasteiger partial charge in [0.15, 0.2) is 5.78 Å². The normalized spacial score (nSPS) is 12.8. The highest BCUT2D eigenvalue weighted by atomic mass is 79.9. The van der Waals surface area contributed by atoms with Gasteiger partial charge in [0.25, 0.3) is 10.0 Å². The number of fused-ring (bicyclic) bond motifs is 1. The molecule has 0 spiro atoms. The summed E-state index contributed by atoms with van der Waals surface area (Å²) in [6.07, 6.45) is 3.21. The van der Waals surface area contributed by atoms with Crippen LogP contribution in [0.15, 0.2) is 67.2 Å². The lowest BCUT2D eigenvalue weighted by Crippen LogP contribution is -2.01. The lowest BCUT2D eigenvalue weighted by atomic mass is 10.1. The van der Waals surface area contributed by atoms with Crippen LogP contribution in [0.25, 0.3) is 16.2 Å². The number of sulfonamides is 1. The van der Waals surface area contributed by atoms with Crippen LogP contribution in [0.2, 0.25) is 0 Å². The quantitative estimate of drug-likeness (QED) is 0.359. The molecule has 0 aliphatic carbocycles. The topological polar surface area (TPSA) is 63.6 Å². The van der Waals surface area contributed by atoms with E-state index in [1.54, 1.807) is 18.3 Å². The lowest BCUT2D eigenvalue weighted by Gasteiger charge is -2.04. The number of hydrogen-bond donors (Lipinski definition) is 0. The van der Waals surface area contributed by atoms with Crippen LogP contribution in [0, 0.1) is 0 Å². The van der Waals surface area contributed by atoms with E-state index in [4.69, 9.17) is 0 Å². The molecule has 0 radical (unpaired) electrons. The van der Waals surface area contributed by atoms with E-state index >= 15 is 0 Å². The van der Waals surface area contributed by atoms with E-state index in [0.717, 1.165) is 10.9 Å². The van der Waals surface area contributed by atoms with Crippen LogP contribution in [-0.4, -0.2) is 20.4 Å². The zero-order chi connectivity index (χ0) is 19.6. The van der Waals surface area contributed by atoms with E-state index in [1.807, 2.05) is 29.7 Å². The number of Topliss-reactive ketones (excluding diaryl/α,β-unsaturated/α-hetero) is 1. The van der Waals surface area contributed by atoms with Crippen LogP contribution in [0.1, 0.15) is 29.8 Å². The van der Waals surface area contributed by atoms with Gasteiger partial charge in [-0.25, -0.2) is 0 Å². The maximum Gasteiger partial charge on any atom is 0.283 e. The molecule has 2 aromatic carbocycles. The molecule has 0 fully saturated rings. The van der Waals surface area contributed by atoms with Gasteiger partial charge in [-0.15, -0.1) is 11.3 Å². The zero-order valence-corrected chi connectivity index (χ0v) is 17.9. The van der Waals surface area contributed by atoms with E-state index in [0.29, 0.717) is 15.6 Å². The highest BCUT2D eigenvalue weighted by molar-refractivity contribution is 9.10. The van der Waals surface area contributed by atoms with Crippen molar-refractivity contribution in [2.75, 3.05) is 0 Å². The molecule has 0 saturated carbocycles. The zero-order valence-electron chi connectivity index (χ0n) is 14.6. The maximum atomic E-state index is 12.5. The van der Waals surface area contributed by atoms with E-state index in [2.05, 4.69) is 26.4 Å². The Labute approximate surface area is 170 Å². The smallest absolute Gasteiger partial charge is 0.283 e. The number of benzene rings is 2.